The molecule has 1 aromatic heterocycles. The van der Waals surface area contributed by atoms with Gasteiger partial charge < -0.3 is 10.2 Å². The smallest absolute Gasteiger partial charge is 0.225 e. The third kappa shape index (κ3) is 3.09. The largest absolute Gasteiger partial charge is 0.347 e. The Morgan fingerprint density at radius 2 is 2.18 bits per heavy atom. The fraction of sp³-hybridized carbons (Fsp3) is 0.412. The van der Waals surface area contributed by atoms with Crippen molar-refractivity contribution < 1.29 is 4.39 Å². The van der Waals surface area contributed by atoms with Gasteiger partial charge in [-0.3, -0.25) is 0 Å². The van der Waals surface area contributed by atoms with Crippen molar-refractivity contribution in [3.05, 3.63) is 42.0 Å². The van der Waals surface area contributed by atoms with Gasteiger partial charge in [-0.2, -0.15) is 0 Å². The van der Waals surface area contributed by atoms with Crippen LogP contribution in [0.3, 0.4) is 0 Å². The van der Waals surface area contributed by atoms with Crippen molar-refractivity contribution in [3.63, 3.8) is 0 Å². The number of piperidine rings is 1. The molecule has 22 heavy (non-hydrogen) atoms. The predicted molar refractivity (Wildman–Crippen MR) is 86.6 cm³/mol. The molecule has 1 saturated heterocycles. The number of aromatic nitrogens is 2. The molecule has 0 aliphatic carbocycles. The molecule has 0 unspecified atom stereocenters. The SMILES string of the molecule is CN(C)c1ncc(-c2cccc(F)c2)c([C@H]2CCCNC2)n1. The number of halogens is 1. The van der Waals surface area contributed by atoms with Gasteiger partial charge in [0, 0.05) is 38.3 Å². The zero-order valence-electron chi connectivity index (χ0n) is 13.0. The number of hydrogen-bond donors (Lipinski definition) is 1. The Bertz CT molecular complexity index is 651. The predicted octanol–water partition coefficient (Wildman–Crippen LogP) is 2.82. The Balaban J connectivity index is 2.07. The van der Waals surface area contributed by atoms with Crippen molar-refractivity contribution in [2.45, 2.75) is 18.8 Å². The second-order valence-electron chi connectivity index (χ2n) is 5.92. The van der Waals surface area contributed by atoms with Gasteiger partial charge >= 0.3 is 0 Å². The first-order valence-electron chi connectivity index (χ1n) is 7.66. The highest BCUT2D eigenvalue weighted by Crippen LogP contribution is 2.32. The molecule has 1 fully saturated rings. The van der Waals surface area contributed by atoms with E-state index in [2.05, 4.69) is 10.3 Å². The number of rotatable bonds is 3. The van der Waals surface area contributed by atoms with Crippen LogP contribution in [-0.2, 0) is 0 Å². The van der Waals surface area contributed by atoms with Gasteiger partial charge in [0.25, 0.3) is 0 Å². The summed E-state index contributed by atoms with van der Waals surface area (Å²) in [4.78, 5) is 11.1. The van der Waals surface area contributed by atoms with Gasteiger partial charge in [0.1, 0.15) is 5.82 Å². The lowest BCUT2D eigenvalue weighted by atomic mass is 9.91. The van der Waals surface area contributed by atoms with Crippen LogP contribution in [0.2, 0.25) is 0 Å². The van der Waals surface area contributed by atoms with Crippen molar-refractivity contribution in [3.8, 4) is 11.1 Å². The minimum Gasteiger partial charge on any atom is -0.347 e. The van der Waals surface area contributed by atoms with Gasteiger partial charge in [0.05, 0.1) is 5.69 Å². The maximum atomic E-state index is 13.6. The monoisotopic (exact) mass is 300 g/mol. The lowest BCUT2D eigenvalue weighted by molar-refractivity contribution is 0.455. The Kier molecular flexibility index (Phi) is 4.34. The maximum Gasteiger partial charge on any atom is 0.225 e. The van der Waals surface area contributed by atoms with E-state index in [0.29, 0.717) is 11.9 Å². The molecular formula is C17H21FN4. The molecule has 2 aromatic rings. The molecule has 116 valence electrons. The van der Waals surface area contributed by atoms with Gasteiger partial charge in [-0.1, -0.05) is 12.1 Å². The van der Waals surface area contributed by atoms with Crippen LogP contribution in [0.15, 0.2) is 30.5 Å². The number of hydrogen-bond acceptors (Lipinski definition) is 4. The minimum absolute atomic E-state index is 0.234. The lowest BCUT2D eigenvalue weighted by Crippen LogP contribution is -2.29. The number of anilines is 1. The van der Waals surface area contributed by atoms with Crippen LogP contribution in [-0.4, -0.2) is 37.2 Å². The molecule has 1 aliphatic rings. The third-order valence-electron chi connectivity index (χ3n) is 4.02. The fourth-order valence-electron chi connectivity index (χ4n) is 2.88. The molecule has 0 saturated carbocycles. The van der Waals surface area contributed by atoms with Crippen LogP contribution in [0.25, 0.3) is 11.1 Å². The van der Waals surface area contributed by atoms with Crippen LogP contribution in [0.5, 0.6) is 0 Å². The average Bonchev–Trinajstić information content (AvgIpc) is 2.55. The summed E-state index contributed by atoms with van der Waals surface area (Å²) in [6, 6.07) is 6.65. The summed E-state index contributed by atoms with van der Waals surface area (Å²) in [6.07, 6.45) is 4.05. The van der Waals surface area contributed by atoms with Crippen molar-refractivity contribution in [1.29, 1.82) is 0 Å². The van der Waals surface area contributed by atoms with Crippen LogP contribution in [0.1, 0.15) is 24.5 Å². The molecule has 1 aromatic carbocycles. The van der Waals surface area contributed by atoms with Crippen LogP contribution < -0.4 is 10.2 Å². The second kappa shape index (κ2) is 6.40. The number of nitrogens with zero attached hydrogens (tertiary/aromatic N) is 3. The summed E-state index contributed by atoms with van der Waals surface area (Å²) in [6.45, 7) is 1.96. The van der Waals surface area contributed by atoms with E-state index >= 15 is 0 Å². The highest BCUT2D eigenvalue weighted by Gasteiger charge is 2.22. The second-order valence-corrected chi connectivity index (χ2v) is 5.92. The van der Waals surface area contributed by atoms with Gasteiger partial charge in [-0.15, -0.1) is 0 Å². The molecule has 1 atom stereocenters. The Morgan fingerprint density at radius 1 is 1.32 bits per heavy atom. The maximum absolute atomic E-state index is 13.6. The van der Waals surface area contributed by atoms with E-state index in [4.69, 9.17) is 4.98 Å². The van der Waals surface area contributed by atoms with E-state index in [1.807, 2.05) is 31.3 Å². The van der Waals surface area contributed by atoms with Crippen molar-refractivity contribution in [2.75, 3.05) is 32.1 Å². The van der Waals surface area contributed by atoms with Gasteiger partial charge in [0.15, 0.2) is 0 Å². The summed E-state index contributed by atoms with van der Waals surface area (Å²) in [5.74, 6) is 0.802. The zero-order valence-corrected chi connectivity index (χ0v) is 13.0. The zero-order chi connectivity index (χ0) is 15.5. The first-order valence-corrected chi connectivity index (χ1v) is 7.66. The van der Waals surface area contributed by atoms with Crippen LogP contribution in [0.4, 0.5) is 10.3 Å². The first-order chi connectivity index (χ1) is 10.6. The molecule has 0 radical (unpaired) electrons. The van der Waals surface area contributed by atoms with E-state index in [1.165, 1.54) is 6.07 Å². The fourth-order valence-corrected chi connectivity index (χ4v) is 2.88. The van der Waals surface area contributed by atoms with Crippen LogP contribution in [0, 0.1) is 5.82 Å². The molecule has 5 heteroatoms. The molecule has 4 nitrogen and oxygen atoms in total. The molecule has 0 spiro atoms. The highest BCUT2D eigenvalue weighted by atomic mass is 19.1. The number of nitrogens with one attached hydrogen (secondary N) is 1. The minimum atomic E-state index is -0.234. The van der Waals surface area contributed by atoms with Gasteiger partial charge in [0.2, 0.25) is 5.95 Å². The summed E-state index contributed by atoms with van der Waals surface area (Å²) in [7, 11) is 3.86. The van der Waals surface area contributed by atoms with E-state index in [9.17, 15) is 4.39 Å². The van der Waals surface area contributed by atoms with Crippen LogP contribution >= 0.6 is 0 Å². The van der Waals surface area contributed by atoms with E-state index in [-0.39, 0.29) is 5.82 Å². The summed E-state index contributed by atoms with van der Waals surface area (Å²) < 4.78 is 13.6. The van der Waals surface area contributed by atoms with E-state index in [0.717, 1.165) is 42.8 Å². The average molecular weight is 300 g/mol. The Labute approximate surface area is 130 Å². The van der Waals surface area contributed by atoms with E-state index < -0.39 is 0 Å². The van der Waals surface area contributed by atoms with Crippen molar-refractivity contribution >= 4 is 5.95 Å². The summed E-state index contributed by atoms with van der Waals surface area (Å²) in [5, 5.41) is 3.42. The lowest BCUT2D eigenvalue weighted by Gasteiger charge is -2.25. The van der Waals surface area contributed by atoms with Gasteiger partial charge in [-0.05, 0) is 37.1 Å². The standard InChI is InChI=1S/C17H21FN4/c1-22(2)17-20-11-15(12-5-3-7-14(18)9-12)16(21-17)13-6-4-8-19-10-13/h3,5,7,9,11,13,19H,4,6,8,10H2,1-2H3/t13-/m0/s1. The molecule has 1 aliphatic heterocycles. The normalized spacial score (nSPS) is 18.2. The Hall–Kier alpha value is -2.01. The third-order valence-corrected chi connectivity index (χ3v) is 4.02. The summed E-state index contributed by atoms with van der Waals surface area (Å²) in [5.41, 5.74) is 2.78. The van der Waals surface area contributed by atoms with Gasteiger partial charge in [-0.25, -0.2) is 14.4 Å². The van der Waals surface area contributed by atoms with E-state index in [1.54, 1.807) is 12.1 Å². The molecular weight excluding hydrogens is 279 g/mol. The summed E-state index contributed by atoms with van der Waals surface area (Å²) >= 11 is 0. The highest BCUT2D eigenvalue weighted by molar-refractivity contribution is 5.66. The van der Waals surface area contributed by atoms with Crippen molar-refractivity contribution in [2.24, 2.45) is 0 Å². The number of benzene rings is 1. The molecule has 1 N–H and O–H groups in total. The molecule has 0 bridgehead atoms. The first kappa shape index (κ1) is 14.9. The molecule has 3 rings (SSSR count). The molecule has 0 amide bonds. The van der Waals surface area contributed by atoms with Crippen molar-refractivity contribution in [1.82, 2.24) is 15.3 Å². The quantitative estimate of drug-likeness (QED) is 0.946. The topological polar surface area (TPSA) is 41.1 Å². The Morgan fingerprint density at radius 3 is 2.86 bits per heavy atom. The molecule has 2 heterocycles.